The summed E-state index contributed by atoms with van der Waals surface area (Å²) in [4.78, 5) is 38.2. The van der Waals surface area contributed by atoms with Crippen LogP contribution in [0.15, 0.2) is 97.2 Å². The van der Waals surface area contributed by atoms with Gasteiger partial charge in [0, 0.05) is 19.3 Å². The first kappa shape index (κ1) is 67.3. The van der Waals surface area contributed by atoms with Crippen LogP contribution in [-0.2, 0) is 28.6 Å². The van der Waals surface area contributed by atoms with Gasteiger partial charge in [0.15, 0.2) is 6.10 Å². The quantitative estimate of drug-likeness (QED) is 0.0261. The third-order valence-electron chi connectivity index (χ3n) is 12.6. The Bertz CT molecular complexity index is 1410. The maximum Gasteiger partial charge on any atom is 0.306 e. The highest BCUT2D eigenvalue weighted by Gasteiger charge is 2.19. The number of carbonyl (C=O) groups is 3. The molecule has 0 aliphatic heterocycles. The lowest BCUT2D eigenvalue weighted by Gasteiger charge is -2.18. The highest BCUT2D eigenvalue weighted by molar-refractivity contribution is 5.71. The summed E-state index contributed by atoms with van der Waals surface area (Å²) < 4.78 is 16.8. The molecule has 0 saturated carbocycles. The van der Waals surface area contributed by atoms with Crippen LogP contribution in [0.5, 0.6) is 0 Å². The van der Waals surface area contributed by atoms with E-state index in [1.807, 2.05) is 6.08 Å². The van der Waals surface area contributed by atoms with Crippen LogP contribution >= 0.6 is 0 Å². The fourth-order valence-electron chi connectivity index (χ4n) is 8.11. The molecule has 0 aliphatic rings. The minimum atomic E-state index is -0.812. The summed E-state index contributed by atoms with van der Waals surface area (Å²) >= 11 is 0. The molecule has 0 aliphatic carbocycles. The van der Waals surface area contributed by atoms with Gasteiger partial charge in [-0.2, -0.15) is 0 Å². The van der Waals surface area contributed by atoms with Crippen molar-refractivity contribution in [1.29, 1.82) is 0 Å². The Morgan fingerprint density at radius 2 is 0.577 bits per heavy atom. The van der Waals surface area contributed by atoms with E-state index in [-0.39, 0.29) is 37.5 Å². The van der Waals surface area contributed by atoms with Crippen LogP contribution in [0.4, 0.5) is 0 Å². The molecule has 0 unspecified atom stereocenters. The maximum atomic E-state index is 12.9. The van der Waals surface area contributed by atoms with Crippen LogP contribution in [0.3, 0.4) is 0 Å². The van der Waals surface area contributed by atoms with E-state index in [1.54, 1.807) is 0 Å². The molecule has 0 rings (SSSR count). The number of ether oxygens (including phenoxy) is 3. The van der Waals surface area contributed by atoms with E-state index in [0.717, 1.165) is 77.0 Å². The molecule has 0 radical (unpaired) electrons. The topological polar surface area (TPSA) is 78.9 Å². The summed E-state index contributed by atoms with van der Waals surface area (Å²) in [6.45, 7) is 6.46. The van der Waals surface area contributed by atoms with Gasteiger partial charge in [-0.3, -0.25) is 14.4 Å². The van der Waals surface area contributed by atoms with Gasteiger partial charge in [0.2, 0.25) is 0 Å². The predicted molar refractivity (Wildman–Crippen MR) is 307 cm³/mol. The lowest BCUT2D eigenvalue weighted by molar-refractivity contribution is -0.166. The number of unbranched alkanes of at least 4 members (excludes halogenated alkanes) is 26. The number of allylic oxidation sites excluding steroid dienone is 16. The second-order valence-corrected chi connectivity index (χ2v) is 19.5. The number of hydrogen-bond donors (Lipinski definition) is 0. The summed E-state index contributed by atoms with van der Waals surface area (Å²) in [7, 11) is 0. The maximum absolute atomic E-state index is 12.9. The van der Waals surface area contributed by atoms with E-state index in [9.17, 15) is 14.4 Å². The van der Waals surface area contributed by atoms with Crippen molar-refractivity contribution in [3.63, 3.8) is 0 Å². The lowest BCUT2D eigenvalue weighted by Crippen LogP contribution is -2.30. The molecule has 0 heterocycles. The van der Waals surface area contributed by atoms with E-state index >= 15 is 0 Å². The van der Waals surface area contributed by atoms with Crippen molar-refractivity contribution < 1.29 is 28.6 Å². The first-order valence-corrected chi connectivity index (χ1v) is 29.7. The number of hydrogen-bond acceptors (Lipinski definition) is 6. The molecule has 406 valence electrons. The van der Waals surface area contributed by atoms with E-state index in [1.165, 1.54) is 154 Å². The normalized spacial score (nSPS) is 12.8. The van der Waals surface area contributed by atoms with Crippen LogP contribution in [0.1, 0.15) is 278 Å². The zero-order valence-corrected chi connectivity index (χ0v) is 46.5. The van der Waals surface area contributed by atoms with E-state index in [0.29, 0.717) is 19.3 Å². The Balaban J connectivity index is 4.48. The molecule has 0 fully saturated rings. The van der Waals surface area contributed by atoms with Crippen molar-refractivity contribution in [2.45, 2.75) is 284 Å². The van der Waals surface area contributed by atoms with Gasteiger partial charge >= 0.3 is 17.9 Å². The largest absolute Gasteiger partial charge is 0.462 e. The molecule has 0 bridgehead atoms. The number of carbonyl (C=O) groups excluding carboxylic acids is 3. The lowest BCUT2D eigenvalue weighted by atomic mass is 10.1. The van der Waals surface area contributed by atoms with E-state index < -0.39 is 6.10 Å². The molecule has 0 aromatic carbocycles. The minimum Gasteiger partial charge on any atom is -0.462 e. The first-order chi connectivity index (χ1) is 35.0. The average Bonchev–Trinajstić information content (AvgIpc) is 3.37. The number of esters is 3. The second-order valence-electron chi connectivity index (χ2n) is 19.5. The zero-order chi connectivity index (χ0) is 51.4. The predicted octanol–water partition coefficient (Wildman–Crippen LogP) is 20.1. The second kappa shape index (κ2) is 58.9. The fourth-order valence-corrected chi connectivity index (χ4v) is 8.11. The Morgan fingerprint density at radius 3 is 0.958 bits per heavy atom. The van der Waals surface area contributed by atoms with Crippen molar-refractivity contribution >= 4 is 17.9 Å². The van der Waals surface area contributed by atoms with Crippen LogP contribution < -0.4 is 0 Å². The summed E-state index contributed by atoms with van der Waals surface area (Å²) in [6, 6.07) is 0. The molecule has 0 N–H and O–H groups in total. The van der Waals surface area contributed by atoms with Crippen LogP contribution in [-0.4, -0.2) is 37.2 Å². The van der Waals surface area contributed by atoms with Gasteiger partial charge in [0.1, 0.15) is 13.2 Å². The Labute approximate surface area is 438 Å². The fraction of sp³-hybridized carbons (Fsp3) is 0.708. The Morgan fingerprint density at radius 1 is 0.296 bits per heavy atom. The molecule has 6 heteroatoms. The van der Waals surface area contributed by atoms with Gasteiger partial charge < -0.3 is 14.2 Å². The first-order valence-electron chi connectivity index (χ1n) is 29.7. The van der Waals surface area contributed by atoms with Crippen LogP contribution in [0.2, 0.25) is 0 Å². The molecule has 71 heavy (non-hydrogen) atoms. The van der Waals surface area contributed by atoms with Gasteiger partial charge in [0.25, 0.3) is 0 Å². The SMILES string of the molecule is CC/C=C\C/C=C\C/C=C\C/C=C\C/C=C\C/C=C\CCC(=O)OC[C@H](COC(=O)CCCCCCCCCCC/C=C\CCCCCCCC)OC(=O)CCCCCCCCC/C=C\CCCCCC. The number of rotatable bonds is 53. The van der Waals surface area contributed by atoms with Gasteiger partial charge in [0.05, 0.1) is 0 Å². The Hall–Kier alpha value is -3.67. The van der Waals surface area contributed by atoms with Crippen molar-refractivity contribution in [2.24, 2.45) is 0 Å². The standard InChI is InChI=1S/C65H110O6/c1-4-7-10-13-16-19-22-25-28-30-32-34-37-39-42-45-48-51-54-57-63(66)69-60-62(71-65(68)59-56-53-50-47-44-41-36-27-24-21-18-15-12-9-6-3)61-70-64(67)58-55-52-49-46-43-40-38-35-33-31-29-26-23-20-17-14-11-8-5-2/h7,10,16,19,21,24-26,28-29,32,34,39,42,48,51,62H,4-6,8-9,11-15,17-18,20,22-23,27,30-31,33,35-38,40-41,43-47,49-50,52-61H2,1-3H3/b10-7-,19-16-,24-21-,28-25-,29-26-,34-32-,42-39-,51-48-/t62-/m1/s1. The van der Waals surface area contributed by atoms with Crippen LogP contribution in [0.25, 0.3) is 0 Å². The van der Waals surface area contributed by atoms with Gasteiger partial charge in [-0.15, -0.1) is 0 Å². The Kier molecular flexibility index (Phi) is 55.9. The summed E-state index contributed by atoms with van der Waals surface area (Å²) in [6.07, 6.45) is 78.4. The molecular weight excluding hydrogens is 877 g/mol. The molecule has 0 spiro atoms. The molecular formula is C65H110O6. The third-order valence-corrected chi connectivity index (χ3v) is 12.6. The summed E-state index contributed by atoms with van der Waals surface area (Å²) in [5, 5.41) is 0. The van der Waals surface area contributed by atoms with Gasteiger partial charge in [-0.05, 0) is 109 Å². The molecule has 6 nitrogen and oxygen atoms in total. The van der Waals surface area contributed by atoms with Crippen molar-refractivity contribution in [3.8, 4) is 0 Å². The smallest absolute Gasteiger partial charge is 0.306 e. The van der Waals surface area contributed by atoms with E-state index in [2.05, 4.69) is 112 Å². The average molecular weight is 988 g/mol. The van der Waals surface area contributed by atoms with E-state index in [4.69, 9.17) is 14.2 Å². The summed E-state index contributed by atoms with van der Waals surface area (Å²) in [5.74, 6) is -0.992. The third kappa shape index (κ3) is 57.1. The van der Waals surface area contributed by atoms with Gasteiger partial charge in [-0.25, -0.2) is 0 Å². The van der Waals surface area contributed by atoms with Crippen molar-refractivity contribution in [1.82, 2.24) is 0 Å². The highest BCUT2D eigenvalue weighted by atomic mass is 16.6. The van der Waals surface area contributed by atoms with Gasteiger partial charge in [-0.1, -0.05) is 246 Å². The zero-order valence-electron chi connectivity index (χ0n) is 46.5. The van der Waals surface area contributed by atoms with Crippen molar-refractivity contribution in [2.75, 3.05) is 13.2 Å². The molecule has 0 aromatic rings. The summed E-state index contributed by atoms with van der Waals surface area (Å²) in [5.41, 5.74) is 0. The van der Waals surface area contributed by atoms with Crippen LogP contribution in [0, 0.1) is 0 Å². The highest BCUT2D eigenvalue weighted by Crippen LogP contribution is 2.15. The molecule has 0 saturated heterocycles. The molecule has 0 aromatic heterocycles. The molecule has 0 amide bonds. The minimum absolute atomic E-state index is 0.103. The van der Waals surface area contributed by atoms with Crippen molar-refractivity contribution in [3.05, 3.63) is 97.2 Å². The monoisotopic (exact) mass is 987 g/mol. The molecule has 1 atom stereocenters.